The van der Waals surface area contributed by atoms with Gasteiger partial charge in [0.2, 0.25) is 0 Å². The van der Waals surface area contributed by atoms with E-state index in [0.29, 0.717) is 22.8 Å². The zero-order valence-electron chi connectivity index (χ0n) is 6.69. The van der Waals surface area contributed by atoms with Crippen LogP contribution in [0.25, 0.3) is 11.0 Å². The lowest BCUT2D eigenvalue weighted by molar-refractivity contribution is 0.112. The molecule has 2 aromatic rings. The number of carbonyl (C=O) groups is 1. The molecule has 0 saturated heterocycles. The molecule has 3 nitrogen and oxygen atoms in total. The molecule has 1 heterocycles. The maximum atomic E-state index is 11.2. The van der Waals surface area contributed by atoms with Crippen molar-refractivity contribution < 1.29 is 9.21 Å². The van der Waals surface area contributed by atoms with E-state index in [-0.39, 0.29) is 5.43 Å². The highest BCUT2D eigenvalue weighted by atomic mass is 16.3. The van der Waals surface area contributed by atoms with Crippen LogP contribution in [0.2, 0.25) is 0 Å². The predicted molar refractivity (Wildman–Crippen MR) is 47.9 cm³/mol. The van der Waals surface area contributed by atoms with E-state index in [1.54, 1.807) is 18.2 Å². The summed E-state index contributed by atoms with van der Waals surface area (Å²) < 4.78 is 5.08. The molecule has 1 aromatic carbocycles. The third kappa shape index (κ3) is 1.24. The molecule has 0 radical (unpaired) electrons. The molecule has 13 heavy (non-hydrogen) atoms. The van der Waals surface area contributed by atoms with Crippen molar-refractivity contribution in [2.45, 2.75) is 0 Å². The minimum absolute atomic E-state index is 0.0984. The molecule has 0 bridgehead atoms. The third-order valence-corrected chi connectivity index (χ3v) is 1.82. The summed E-state index contributed by atoms with van der Waals surface area (Å²) in [5.74, 6) is 0. The molecule has 0 unspecified atom stereocenters. The Labute approximate surface area is 73.6 Å². The van der Waals surface area contributed by atoms with Crippen molar-refractivity contribution in [2.75, 3.05) is 0 Å². The van der Waals surface area contributed by atoms with Crippen LogP contribution in [0.4, 0.5) is 0 Å². The Kier molecular flexibility index (Phi) is 1.70. The fraction of sp³-hybridized carbons (Fsp3) is 0. The second-order valence-electron chi connectivity index (χ2n) is 2.66. The Bertz CT molecular complexity index is 511. The van der Waals surface area contributed by atoms with Crippen LogP contribution in [0.15, 0.2) is 39.7 Å². The summed E-state index contributed by atoms with van der Waals surface area (Å²) in [6.07, 6.45) is 2.03. The maximum absolute atomic E-state index is 11.2. The predicted octanol–water partition coefficient (Wildman–Crippen LogP) is 1.61. The van der Waals surface area contributed by atoms with Gasteiger partial charge in [0.1, 0.15) is 11.9 Å². The summed E-state index contributed by atoms with van der Waals surface area (Å²) >= 11 is 0. The normalized spacial score (nSPS) is 10.2. The average Bonchev–Trinajstić information content (AvgIpc) is 2.18. The van der Waals surface area contributed by atoms with Gasteiger partial charge in [0.15, 0.2) is 5.43 Å². The summed E-state index contributed by atoms with van der Waals surface area (Å²) in [5.41, 5.74) is 0.845. The smallest absolute Gasteiger partial charge is 0.192 e. The van der Waals surface area contributed by atoms with E-state index in [2.05, 4.69) is 0 Å². The Morgan fingerprint density at radius 1 is 1.23 bits per heavy atom. The summed E-state index contributed by atoms with van der Waals surface area (Å²) in [6.45, 7) is 0. The molecular formula is C10H6O3. The number of fused-ring (bicyclic) bond motifs is 1. The van der Waals surface area contributed by atoms with Crippen molar-refractivity contribution in [3.63, 3.8) is 0 Å². The summed E-state index contributed by atoms with van der Waals surface area (Å²) in [4.78, 5) is 21.6. The average molecular weight is 174 g/mol. The Morgan fingerprint density at radius 3 is 2.85 bits per heavy atom. The van der Waals surface area contributed by atoms with Crippen molar-refractivity contribution in [3.8, 4) is 0 Å². The zero-order valence-corrected chi connectivity index (χ0v) is 6.69. The lowest BCUT2D eigenvalue weighted by Crippen LogP contribution is -1.97. The van der Waals surface area contributed by atoms with Crippen molar-refractivity contribution in [1.29, 1.82) is 0 Å². The fourth-order valence-electron chi connectivity index (χ4n) is 1.17. The van der Waals surface area contributed by atoms with Gasteiger partial charge in [-0.05, 0) is 12.1 Å². The highest BCUT2D eigenvalue weighted by Gasteiger charge is 1.99. The van der Waals surface area contributed by atoms with Crippen LogP contribution < -0.4 is 5.43 Å². The van der Waals surface area contributed by atoms with Crippen LogP contribution in [-0.4, -0.2) is 6.29 Å². The van der Waals surface area contributed by atoms with Crippen LogP contribution in [0.1, 0.15) is 10.4 Å². The molecule has 0 aliphatic carbocycles. The van der Waals surface area contributed by atoms with E-state index in [1.807, 2.05) is 0 Å². The Balaban J connectivity index is 2.87. The number of hydrogen-bond acceptors (Lipinski definition) is 3. The molecule has 1 aromatic heterocycles. The second-order valence-corrected chi connectivity index (χ2v) is 2.66. The van der Waals surface area contributed by atoms with E-state index in [9.17, 15) is 9.59 Å². The Hall–Kier alpha value is -1.90. The first-order chi connectivity index (χ1) is 6.31. The SMILES string of the molecule is O=Cc1ccc2c(=O)ccoc2c1. The van der Waals surface area contributed by atoms with Gasteiger partial charge in [-0.2, -0.15) is 0 Å². The second kappa shape index (κ2) is 2.86. The van der Waals surface area contributed by atoms with Crippen molar-refractivity contribution >= 4 is 17.3 Å². The number of carbonyl (C=O) groups excluding carboxylic acids is 1. The quantitative estimate of drug-likeness (QED) is 0.617. The zero-order chi connectivity index (χ0) is 9.26. The van der Waals surface area contributed by atoms with Crippen LogP contribution in [0, 0.1) is 0 Å². The molecule has 0 N–H and O–H groups in total. The summed E-state index contributed by atoms with van der Waals surface area (Å²) in [6, 6.07) is 6.07. The molecule has 0 aliphatic rings. The standard InChI is InChI=1S/C10H6O3/c11-6-7-1-2-8-9(12)3-4-13-10(8)5-7/h1-6H. The highest BCUT2D eigenvalue weighted by Crippen LogP contribution is 2.10. The van der Waals surface area contributed by atoms with Crippen LogP contribution in [0.3, 0.4) is 0 Å². The summed E-state index contributed by atoms with van der Waals surface area (Å²) in [5, 5.41) is 0.494. The van der Waals surface area contributed by atoms with Gasteiger partial charge in [-0.25, -0.2) is 0 Å². The highest BCUT2D eigenvalue weighted by molar-refractivity contribution is 5.84. The van der Waals surface area contributed by atoms with Gasteiger partial charge in [0, 0.05) is 11.6 Å². The van der Waals surface area contributed by atoms with Gasteiger partial charge in [-0.1, -0.05) is 6.07 Å². The van der Waals surface area contributed by atoms with Gasteiger partial charge in [-0.15, -0.1) is 0 Å². The van der Waals surface area contributed by atoms with Crippen molar-refractivity contribution in [3.05, 3.63) is 46.3 Å². The monoisotopic (exact) mass is 174 g/mol. The molecule has 2 rings (SSSR count). The van der Waals surface area contributed by atoms with Crippen LogP contribution in [-0.2, 0) is 0 Å². The van der Waals surface area contributed by atoms with Crippen LogP contribution in [0.5, 0.6) is 0 Å². The number of benzene rings is 1. The minimum Gasteiger partial charge on any atom is -0.464 e. The van der Waals surface area contributed by atoms with Gasteiger partial charge in [-0.3, -0.25) is 9.59 Å². The molecule has 0 atom stereocenters. The lowest BCUT2D eigenvalue weighted by Gasteiger charge is -1.94. The first kappa shape index (κ1) is 7.73. The maximum Gasteiger partial charge on any atom is 0.192 e. The van der Waals surface area contributed by atoms with E-state index < -0.39 is 0 Å². The minimum atomic E-state index is -0.0984. The molecule has 0 saturated carbocycles. The molecule has 0 aliphatic heterocycles. The number of hydrogen-bond donors (Lipinski definition) is 0. The topological polar surface area (TPSA) is 47.3 Å². The van der Waals surface area contributed by atoms with Crippen molar-refractivity contribution in [1.82, 2.24) is 0 Å². The fourth-order valence-corrected chi connectivity index (χ4v) is 1.17. The third-order valence-electron chi connectivity index (χ3n) is 1.82. The van der Waals surface area contributed by atoms with E-state index in [0.717, 1.165) is 0 Å². The number of rotatable bonds is 1. The molecular weight excluding hydrogens is 168 g/mol. The molecule has 64 valence electrons. The molecule has 3 heteroatoms. The molecule has 0 spiro atoms. The van der Waals surface area contributed by atoms with E-state index >= 15 is 0 Å². The summed E-state index contributed by atoms with van der Waals surface area (Å²) in [7, 11) is 0. The van der Waals surface area contributed by atoms with Gasteiger partial charge < -0.3 is 4.42 Å². The van der Waals surface area contributed by atoms with Gasteiger partial charge in [0.05, 0.1) is 11.6 Å². The Morgan fingerprint density at radius 2 is 2.08 bits per heavy atom. The van der Waals surface area contributed by atoms with Gasteiger partial charge >= 0.3 is 0 Å². The van der Waals surface area contributed by atoms with E-state index in [1.165, 1.54) is 12.3 Å². The first-order valence-corrected chi connectivity index (χ1v) is 3.78. The largest absolute Gasteiger partial charge is 0.464 e. The first-order valence-electron chi connectivity index (χ1n) is 3.78. The molecule has 0 fully saturated rings. The van der Waals surface area contributed by atoms with E-state index in [4.69, 9.17) is 4.42 Å². The lowest BCUT2D eigenvalue weighted by atomic mass is 10.1. The number of aldehydes is 1. The van der Waals surface area contributed by atoms with Crippen LogP contribution >= 0.6 is 0 Å². The van der Waals surface area contributed by atoms with Gasteiger partial charge in [0.25, 0.3) is 0 Å². The van der Waals surface area contributed by atoms with Crippen molar-refractivity contribution in [2.24, 2.45) is 0 Å². The molecule has 0 amide bonds.